The number of hydrogen-bond donors (Lipinski definition) is 5. The van der Waals surface area contributed by atoms with Gasteiger partial charge in [0.05, 0.1) is 11.6 Å². The van der Waals surface area contributed by atoms with Crippen molar-refractivity contribution in [2.75, 3.05) is 13.1 Å². The lowest BCUT2D eigenvalue weighted by Crippen LogP contribution is -2.54. The van der Waals surface area contributed by atoms with E-state index in [2.05, 4.69) is 28.6 Å². The summed E-state index contributed by atoms with van der Waals surface area (Å²) in [4.78, 5) is 6.86. The number of benzene rings is 1. The Hall–Kier alpha value is -1.97. The molecule has 0 amide bonds. The number of aliphatic hydroxyl groups is 1. The van der Waals surface area contributed by atoms with E-state index in [-0.39, 0.29) is 6.04 Å². The summed E-state index contributed by atoms with van der Waals surface area (Å²) in [5.41, 5.74) is 1.97. The number of nitrogens with zero attached hydrogens (tertiary/aromatic N) is 2. The number of fused-ring (bicyclic) bond motifs is 4. The molecular formula is C19H26N2O9S2. The molecule has 4 heterocycles. The van der Waals surface area contributed by atoms with Crippen LogP contribution in [0.4, 0.5) is 0 Å². The normalized spacial score (nSPS) is 25.7. The molecule has 5 rings (SSSR count). The third kappa shape index (κ3) is 8.18. The van der Waals surface area contributed by atoms with Crippen molar-refractivity contribution in [1.29, 1.82) is 0 Å². The van der Waals surface area contributed by atoms with Gasteiger partial charge in [-0.25, -0.2) is 0 Å². The van der Waals surface area contributed by atoms with Crippen LogP contribution in [0, 0.1) is 11.8 Å². The second-order valence-electron chi connectivity index (χ2n) is 7.50. The molecule has 0 spiro atoms. The maximum atomic E-state index is 11.0. The van der Waals surface area contributed by atoms with Gasteiger partial charge in [0, 0.05) is 24.2 Å². The maximum absolute atomic E-state index is 11.0. The molecule has 5 atom stereocenters. The second-order valence-corrected chi connectivity index (χ2v) is 9.30. The highest BCUT2D eigenvalue weighted by molar-refractivity contribution is 7.80. The molecule has 178 valence electrons. The Morgan fingerprint density at radius 1 is 1.06 bits per heavy atom. The molecule has 0 radical (unpaired) electrons. The van der Waals surface area contributed by atoms with E-state index in [0.717, 1.165) is 36.0 Å². The summed E-state index contributed by atoms with van der Waals surface area (Å²) >= 11 is 0. The molecule has 11 nitrogen and oxygen atoms in total. The molecule has 3 aliphatic heterocycles. The highest BCUT2D eigenvalue weighted by Gasteiger charge is 2.42. The molecule has 32 heavy (non-hydrogen) atoms. The van der Waals surface area contributed by atoms with Crippen molar-refractivity contribution < 1.29 is 40.2 Å². The van der Waals surface area contributed by atoms with Gasteiger partial charge >= 0.3 is 20.8 Å². The van der Waals surface area contributed by atoms with Gasteiger partial charge in [-0.15, -0.1) is 6.58 Å². The second kappa shape index (κ2) is 10.8. The molecular weight excluding hydrogens is 464 g/mol. The van der Waals surface area contributed by atoms with Gasteiger partial charge in [0.1, 0.15) is 0 Å². The molecule has 2 aromatic rings. The van der Waals surface area contributed by atoms with Crippen molar-refractivity contribution in [2.45, 2.75) is 25.0 Å². The van der Waals surface area contributed by atoms with Crippen LogP contribution in [-0.4, -0.2) is 69.2 Å². The van der Waals surface area contributed by atoms with E-state index < -0.39 is 26.9 Å². The zero-order valence-electron chi connectivity index (χ0n) is 17.0. The molecule has 1 aromatic heterocycles. The Labute approximate surface area is 186 Å². The van der Waals surface area contributed by atoms with E-state index in [4.69, 9.17) is 35.0 Å². The van der Waals surface area contributed by atoms with Gasteiger partial charge in [0.15, 0.2) is 0 Å². The Morgan fingerprint density at radius 3 is 2.19 bits per heavy atom. The van der Waals surface area contributed by atoms with Crippen LogP contribution in [0.5, 0.6) is 0 Å². The quantitative estimate of drug-likeness (QED) is 0.312. The van der Waals surface area contributed by atoms with Gasteiger partial charge in [0.25, 0.3) is 0 Å². The lowest BCUT2D eigenvalue weighted by molar-refractivity contribution is -0.0444. The van der Waals surface area contributed by atoms with E-state index in [1.165, 1.54) is 6.42 Å². The Kier molecular flexibility index (Phi) is 8.84. The largest absolute Gasteiger partial charge is 0.394 e. The Morgan fingerprint density at radius 2 is 1.66 bits per heavy atom. The zero-order chi connectivity index (χ0) is 24.1. The third-order valence-corrected chi connectivity index (χ3v) is 5.52. The van der Waals surface area contributed by atoms with E-state index in [1.54, 1.807) is 0 Å². The lowest BCUT2D eigenvalue weighted by atomic mass is 9.73. The molecule has 3 saturated heterocycles. The summed E-state index contributed by atoms with van der Waals surface area (Å²) in [6.07, 6.45) is 5.76. The van der Waals surface area contributed by atoms with Crippen molar-refractivity contribution in [2.24, 2.45) is 11.8 Å². The first-order valence-electron chi connectivity index (χ1n) is 9.56. The summed E-state index contributed by atoms with van der Waals surface area (Å²) in [6, 6.07) is 10.3. The van der Waals surface area contributed by atoms with Crippen LogP contribution >= 0.6 is 0 Å². The summed E-state index contributed by atoms with van der Waals surface area (Å²) < 4.78 is 63.2. The fraction of sp³-hybridized carbons (Fsp3) is 0.421. The topological polar surface area (TPSA) is 186 Å². The highest BCUT2D eigenvalue weighted by Crippen LogP contribution is 2.41. The SMILES string of the molecule is C=C[C@H]1CN2CC[C@H]1C[C@H]2[C@H](O)c1ccnc2ccccc12.O=S(=O)(O)O.O=S(=O)(O)O. The molecule has 5 N–H and O–H groups in total. The fourth-order valence-electron chi connectivity index (χ4n) is 4.29. The van der Waals surface area contributed by atoms with Crippen LogP contribution in [0.15, 0.2) is 49.2 Å². The van der Waals surface area contributed by atoms with E-state index >= 15 is 0 Å². The number of aliphatic hydroxyl groups excluding tert-OH is 1. The van der Waals surface area contributed by atoms with Crippen molar-refractivity contribution in [3.8, 4) is 0 Å². The third-order valence-electron chi connectivity index (χ3n) is 5.52. The van der Waals surface area contributed by atoms with Crippen LogP contribution in [-0.2, 0) is 20.8 Å². The summed E-state index contributed by atoms with van der Waals surface area (Å²) in [7, 11) is -9.33. The zero-order valence-corrected chi connectivity index (χ0v) is 18.6. The summed E-state index contributed by atoms with van der Waals surface area (Å²) in [5, 5.41) is 12.1. The van der Waals surface area contributed by atoms with Gasteiger partial charge < -0.3 is 5.11 Å². The minimum atomic E-state index is -4.67. The molecule has 3 fully saturated rings. The maximum Gasteiger partial charge on any atom is 0.394 e. The summed E-state index contributed by atoms with van der Waals surface area (Å²) in [6.45, 7) is 6.11. The minimum Gasteiger partial charge on any atom is -0.387 e. The number of pyridine rings is 1. The Balaban J connectivity index is 0.000000308. The van der Waals surface area contributed by atoms with Crippen LogP contribution in [0.2, 0.25) is 0 Å². The first-order chi connectivity index (χ1) is 14.8. The lowest BCUT2D eigenvalue weighted by Gasteiger charge is -2.50. The molecule has 3 aliphatic rings. The predicted molar refractivity (Wildman–Crippen MR) is 117 cm³/mol. The highest BCUT2D eigenvalue weighted by atomic mass is 32.3. The number of piperidine rings is 3. The van der Waals surface area contributed by atoms with Gasteiger partial charge in [-0.1, -0.05) is 24.3 Å². The number of aromatic nitrogens is 1. The molecule has 13 heteroatoms. The average molecular weight is 491 g/mol. The van der Waals surface area contributed by atoms with Gasteiger partial charge in [-0.2, -0.15) is 16.8 Å². The summed E-state index contributed by atoms with van der Waals surface area (Å²) in [5.74, 6) is 1.27. The standard InChI is InChI=1S/C19H22N2O.2H2O4S/c1-2-13-12-21-10-8-14(13)11-18(21)19(22)16-7-9-20-17-6-4-3-5-15(16)17;2*1-5(2,3)4/h2-7,9,13-14,18-19,22H,1,8,10-12H2;2*(H2,1,2,3,4)/t13-,14-,18-,19+;;/m0../s1. The van der Waals surface area contributed by atoms with Crippen LogP contribution in [0.3, 0.4) is 0 Å². The Bertz CT molecular complexity index is 1090. The van der Waals surface area contributed by atoms with Crippen molar-refractivity contribution >= 4 is 31.7 Å². The number of para-hydroxylation sites is 1. The molecule has 0 aliphatic carbocycles. The van der Waals surface area contributed by atoms with Crippen LogP contribution in [0.1, 0.15) is 24.5 Å². The predicted octanol–water partition coefficient (Wildman–Crippen LogP) is 1.86. The van der Waals surface area contributed by atoms with Crippen LogP contribution in [0.25, 0.3) is 10.9 Å². The first kappa shape index (κ1) is 26.3. The molecule has 0 saturated carbocycles. The minimum absolute atomic E-state index is 0.223. The molecule has 1 aromatic carbocycles. The van der Waals surface area contributed by atoms with Crippen LogP contribution < -0.4 is 0 Å². The van der Waals surface area contributed by atoms with E-state index in [0.29, 0.717) is 11.8 Å². The smallest absolute Gasteiger partial charge is 0.387 e. The van der Waals surface area contributed by atoms with Gasteiger partial charge in [-0.05, 0) is 48.9 Å². The van der Waals surface area contributed by atoms with Crippen molar-refractivity contribution in [1.82, 2.24) is 9.88 Å². The number of rotatable bonds is 3. The van der Waals surface area contributed by atoms with E-state index in [9.17, 15) is 5.11 Å². The van der Waals surface area contributed by atoms with Gasteiger partial charge in [0.2, 0.25) is 0 Å². The first-order valence-corrected chi connectivity index (χ1v) is 12.4. The van der Waals surface area contributed by atoms with Crippen molar-refractivity contribution in [3.63, 3.8) is 0 Å². The van der Waals surface area contributed by atoms with E-state index in [1.807, 2.05) is 30.5 Å². The van der Waals surface area contributed by atoms with Crippen molar-refractivity contribution in [3.05, 3.63) is 54.7 Å². The monoisotopic (exact) mass is 490 g/mol. The molecule has 2 bridgehead atoms. The fourth-order valence-corrected chi connectivity index (χ4v) is 4.29. The molecule has 1 unspecified atom stereocenters. The number of hydrogen-bond acceptors (Lipinski definition) is 7. The average Bonchev–Trinajstić information content (AvgIpc) is 2.70. The van der Waals surface area contributed by atoms with Gasteiger partial charge in [-0.3, -0.25) is 28.1 Å².